The quantitative estimate of drug-likeness (QED) is 0.774. The molecule has 4 rings (SSSR count). The molecule has 3 aromatic rings. The Balaban J connectivity index is 1.81. The van der Waals surface area contributed by atoms with Crippen molar-refractivity contribution in [1.82, 2.24) is 20.2 Å². The van der Waals surface area contributed by atoms with E-state index >= 15 is 0 Å². The van der Waals surface area contributed by atoms with Gasteiger partial charge in [0, 0.05) is 11.3 Å². The number of ether oxygens (including phenoxy) is 1. The molecule has 0 unspecified atom stereocenters. The summed E-state index contributed by atoms with van der Waals surface area (Å²) in [5, 5.41) is 14.8. The lowest BCUT2D eigenvalue weighted by atomic mass is 10.0. The van der Waals surface area contributed by atoms with Crippen molar-refractivity contribution in [2.45, 2.75) is 19.6 Å². The predicted octanol–water partition coefficient (Wildman–Crippen LogP) is 3.64. The summed E-state index contributed by atoms with van der Waals surface area (Å²) in [7, 11) is 0. The first-order valence-electron chi connectivity index (χ1n) is 7.99. The molecule has 0 saturated carbocycles. The number of halogens is 2. The minimum atomic E-state index is -2.91. The van der Waals surface area contributed by atoms with Gasteiger partial charge in [-0.25, -0.2) is 0 Å². The van der Waals surface area contributed by atoms with Gasteiger partial charge in [0.1, 0.15) is 11.8 Å². The van der Waals surface area contributed by atoms with Crippen molar-refractivity contribution >= 4 is 11.6 Å². The normalized spacial score (nSPS) is 16.0. The maximum absolute atomic E-state index is 12.8. The molecule has 0 radical (unpaired) electrons. The van der Waals surface area contributed by atoms with Crippen LogP contribution in [0.1, 0.15) is 22.7 Å². The summed E-state index contributed by atoms with van der Waals surface area (Å²) in [6.07, 6.45) is 1.89. The molecule has 0 spiro atoms. The molecule has 6 nitrogen and oxygen atoms in total. The fourth-order valence-electron chi connectivity index (χ4n) is 2.91. The summed E-state index contributed by atoms with van der Waals surface area (Å²) in [5.74, 6) is 0.523. The van der Waals surface area contributed by atoms with Crippen molar-refractivity contribution in [2.24, 2.45) is 0 Å². The Morgan fingerprint density at radius 2 is 1.88 bits per heavy atom. The summed E-state index contributed by atoms with van der Waals surface area (Å²) in [4.78, 5) is 0. The van der Waals surface area contributed by atoms with Crippen LogP contribution in [0.5, 0.6) is 5.75 Å². The van der Waals surface area contributed by atoms with Gasteiger partial charge in [0.05, 0.1) is 0 Å². The number of anilines is 1. The SMILES string of the molecule is Cc1ccc(C2=C[C@@H](c3ccccc3OC(F)F)n3nnnc3N2)cc1. The average molecular weight is 355 g/mol. The van der Waals surface area contributed by atoms with E-state index in [0.29, 0.717) is 11.5 Å². The number of fused-ring (bicyclic) bond motifs is 1. The molecule has 26 heavy (non-hydrogen) atoms. The fourth-order valence-corrected chi connectivity index (χ4v) is 2.91. The molecule has 0 bridgehead atoms. The van der Waals surface area contributed by atoms with E-state index in [2.05, 4.69) is 25.6 Å². The Hall–Kier alpha value is -3.29. The number of tetrazole rings is 1. The highest BCUT2D eigenvalue weighted by Gasteiger charge is 2.27. The summed E-state index contributed by atoms with van der Waals surface area (Å²) < 4.78 is 31.8. The van der Waals surface area contributed by atoms with Crippen molar-refractivity contribution in [1.29, 1.82) is 0 Å². The standard InChI is InChI=1S/C18H15F2N5O/c1-11-6-8-12(9-7-11)14-10-15(25-18(21-14)22-23-24-25)13-4-2-3-5-16(13)26-17(19)20/h2-10,15,17H,1H3,(H,21,22,24)/t15-/m0/s1. The minimum Gasteiger partial charge on any atom is -0.434 e. The number of hydrogen-bond acceptors (Lipinski definition) is 5. The van der Waals surface area contributed by atoms with Crippen molar-refractivity contribution in [2.75, 3.05) is 5.32 Å². The largest absolute Gasteiger partial charge is 0.434 e. The van der Waals surface area contributed by atoms with Crippen LogP contribution in [-0.4, -0.2) is 26.8 Å². The molecule has 1 N–H and O–H groups in total. The summed E-state index contributed by atoms with van der Waals surface area (Å²) in [6.45, 7) is -0.903. The maximum atomic E-state index is 12.8. The van der Waals surface area contributed by atoms with Gasteiger partial charge in [-0.2, -0.15) is 13.5 Å². The average Bonchev–Trinajstić information content (AvgIpc) is 3.10. The monoisotopic (exact) mass is 355 g/mol. The lowest BCUT2D eigenvalue weighted by Gasteiger charge is -2.25. The molecular formula is C18H15F2N5O. The summed E-state index contributed by atoms with van der Waals surface area (Å²) in [6, 6.07) is 14.1. The minimum absolute atomic E-state index is 0.0929. The van der Waals surface area contributed by atoms with Gasteiger partial charge in [0.15, 0.2) is 0 Å². The van der Waals surface area contributed by atoms with Gasteiger partial charge >= 0.3 is 6.61 Å². The lowest BCUT2D eigenvalue weighted by Crippen LogP contribution is -2.21. The predicted molar refractivity (Wildman–Crippen MR) is 91.8 cm³/mol. The van der Waals surface area contributed by atoms with Crippen LogP contribution in [0.25, 0.3) is 5.70 Å². The van der Waals surface area contributed by atoms with E-state index in [4.69, 9.17) is 0 Å². The second-order valence-corrected chi connectivity index (χ2v) is 5.88. The molecule has 0 saturated heterocycles. The Bertz CT molecular complexity index is 952. The molecule has 0 aliphatic carbocycles. The van der Waals surface area contributed by atoms with Crippen molar-refractivity contribution in [3.63, 3.8) is 0 Å². The second-order valence-electron chi connectivity index (χ2n) is 5.88. The Labute approximate surface area is 148 Å². The number of para-hydroxylation sites is 1. The third kappa shape index (κ3) is 3.01. The van der Waals surface area contributed by atoms with Gasteiger partial charge in [-0.15, -0.1) is 0 Å². The van der Waals surface area contributed by atoms with E-state index in [1.807, 2.05) is 37.3 Å². The van der Waals surface area contributed by atoms with E-state index in [-0.39, 0.29) is 5.75 Å². The number of aryl methyl sites for hydroxylation is 1. The molecule has 1 aliphatic rings. The van der Waals surface area contributed by atoms with Gasteiger partial charge < -0.3 is 10.1 Å². The Morgan fingerprint density at radius 1 is 1.12 bits per heavy atom. The third-order valence-electron chi connectivity index (χ3n) is 4.14. The smallest absolute Gasteiger partial charge is 0.387 e. The first-order chi connectivity index (χ1) is 12.6. The number of aromatic nitrogens is 4. The highest BCUT2D eigenvalue weighted by atomic mass is 19.3. The zero-order chi connectivity index (χ0) is 18.1. The second kappa shape index (κ2) is 6.55. The van der Waals surface area contributed by atoms with Crippen LogP contribution in [0.15, 0.2) is 54.6 Å². The highest BCUT2D eigenvalue weighted by Crippen LogP contribution is 2.36. The van der Waals surface area contributed by atoms with E-state index < -0.39 is 12.7 Å². The van der Waals surface area contributed by atoms with Gasteiger partial charge in [0.2, 0.25) is 5.95 Å². The molecule has 2 heterocycles. The number of nitrogens with one attached hydrogen (secondary N) is 1. The Morgan fingerprint density at radius 3 is 2.65 bits per heavy atom. The zero-order valence-electron chi connectivity index (χ0n) is 13.8. The number of benzene rings is 2. The molecule has 1 atom stereocenters. The van der Waals surface area contributed by atoms with Gasteiger partial charge in [-0.3, -0.25) is 0 Å². The van der Waals surface area contributed by atoms with E-state index in [0.717, 1.165) is 16.8 Å². The molecule has 1 aliphatic heterocycles. The third-order valence-corrected chi connectivity index (χ3v) is 4.14. The van der Waals surface area contributed by atoms with Crippen molar-refractivity contribution < 1.29 is 13.5 Å². The molecular weight excluding hydrogens is 340 g/mol. The Kier molecular flexibility index (Phi) is 4.08. The number of nitrogens with zero attached hydrogens (tertiary/aromatic N) is 4. The highest BCUT2D eigenvalue weighted by molar-refractivity contribution is 5.77. The van der Waals surface area contributed by atoms with Crippen LogP contribution >= 0.6 is 0 Å². The molecule has 0 fully saturated rings. The van der Waals surface area contributed by atoms with Gasteiger partial charge in [0.25, 0.3) is 0 Å². The summed E-state index contributed by atoms with van der Waals surface area (Å²) in [5.41, 5.74) is 3.43. The van der Waals surface area contributed by atoms with Crippen LogP contribution < -0.4 is 10.1 Å². The van der Waals surface area contributed by atoms with Crippen LogP contribution in [0.2, 0.25) is 0 Å². The van der Waals surface area contributed by atoms with E-state index in [9.17, 15) is 8.78 Å². The maximum Gasteiger partial charge on any atom is 0.387 e. The molecule has 132 valence electrons. The van der Waals surface area contributed by atoms with E-state index in [1.165, 1.54) is 10.7 Å². The van der Waals surface area contributed by atoms with E-state index in [1.54, 1.807) is 18.2 Å². The van der Waals surface area contributed by atoms with Crippen molar-refractivity contribution in [3.8, 4) is 5.75 Å². The van der Waals surface area contributed by atoms with Gasteiger partial charge in [-0.05, 0) is 35.1 Å². The van der Waals surface area contributed by atoms with Crippen molar-refractivity contribution in [3.05, 3.63) is 71.3 Å². The number of allylic oxidation sites excluding steroid dienone is 1. The lowest BCUT2D eigenvalue weighted by molar-refractivity contribution is -0.0506. The first-order valence-corrected chi connectivity index (χ1v) is 7.99. The fraction of sp³-hybridized carbons (Fsp3) is 0.167. The molecule has 2 aromatic carbocycles. The zero-order valence-corrected chi connectivity index (χ0v) is 13.8. The molecule has 0 amide bonds. The van der Waals surface area contributed by atoms with Crippen LogP contribution in [0.3, 0.4) is 0 Å². The van der Waals surface area contributed by atoms with Crippen LogP contribution in [-0.2, 0) is 0 Å². The number of hydrogen-bond donors (Lipinski definition) is 1. The summed E-state index contributed by atoms with van der Waals surface area (Å²) >= 11 is 0. The number of rotatable bonds is 4. The topological polar surface area (TPSA) is 64.9 Å². The first kappa shape index (κ1) is 16.2. The molecule has 1 aromatic heterocycles. The van der Waals surface area contributed by atoms with Crippen LogP contribution in [0, 0.1) is 6.92 Å². The molecule has 8 heteroatoms. The number of alkyl halides is 2. The van der Waals surface area contributed by atoms with Gasteiger partial charge in [-0.1, -0.05) is 53.1 Å². The van der Waals surface area contributed by atoms with Crippen LogP contribution in [0.4, 0.5) is 14.7 Å².